The highest BCUT2D eigenvalue weighted by atomic mass is 19.1. The summed E-state index contributed by atoms with van der Waals surface area (Å²) < 4.78 is 27.0. The van der Waals surface area contributed by atoms with Gasteiger partial charge in [-0.05, 0) is 25.0 Å². The second kappa shape index (κ2) is 6.87. The molecule has 0 aromatic heterocycles. The minimum Gasteiger partial charge on any atom is -0.347 e. The van der Waals surface area contributed by atoms with E-state index in [-0.39, 0.29) is 5.56 Å². The molecule has 2 unspecified atom stereocenters. The molecule has 3 nitrogen and oxygen atoms in total. The number of nitrogens with two attached hydrogens (primary N) is 1. The van der Waals surface area contributed by atoms with E-state index < -0.39 is 29.1 Å². The van der Waals surface area contributed by atoms with Gasteiger partial charge in [-0.2, -0.15) is 0 Å². The van der Waals surface area contributed by atoms with Crippen LogP contribution in [0.15, 0.2) is 48.5 Å². The van der Waals surface area contributed by atoms with Gasteiger partial charge in [-0.15, -0.1) is 0 Å². The SMILES string of the molecule is CCC(NC(=O)C(C)(N)c1ccccc1)c1ccc(F)cc1F. The van der Waals surface area contributed by atoms with Crippen LogP contribution in [0.5, 0.6) is 0 Å². The number of nitrogens with one attached hydrogen (secondary N) is 1. The van der Waals surface area contributed by atoms with Gasteiger partial charge in [0.15, 0.2) is 0 Å². The van der Waals surface area contributed by atoms with E-state index in [1.54, 1.807) is 31.2 Å². The zero-order valence-electron chi connectivity index (χ0n) is 13.1. The Morgan fingerprint density at radius 1 is 1.22 bits per heavy atom. The highest BCUT2D eigenvalue weighted by Crippen LogP contribution is 2.24. The Kier molecular flexibility index (Phi) is 5.11. The quantitative estimate of drug-likeness (QED) is 0.887. The van der Waals surface area contributed by atoms with E-state index in [1.807, 2.05) is 13.0 Å². The summed E-state index contributed by atoms with van der Waals surface area (Å²) in [4.78, 5) is 12.6. The van der Waals surface area contributed by atoms with E-state index >= 15 is 0 Å². The predicted octanol–water partition coefficient (Wildman–Crippen LogP) is 3.41. The van der Waals surface area contributed by atoms with E-state index in [4.69, 9.17) is 5.73 Å². The van der Waals surface area contributed by atoms with Crippen LogP contribution in [0.2, 0.25) is 0 Å². The molecule has 0 aliphatic carbocycles. The first kappa shape index (κ1) is 17.1. The van der Waals surface area contributed by atoms with Crippen LogP contribution in [0.25, 0.3) is 0 Å². The molecule has 0 bridgehead atoms. The van der Waals surface area contributed by atoms with Crippen molar-refractivity contribution in [3.63, 3.8) is 0 Å². The zero-order valence-corrected chi connectivity index (χ0v) is 13.1. The van der Waals surface area contributed by atoms with Crippen molar-refractivity contribution >= 4 is 5.91 Å². The van der Waals surface area contributed by atoms with Crippen LogP contribution in [-0.4, -0.2) is 5.91 Å². The lowest BCUT2D eigenvalue weighted by molar-refractivity contribution is -0.126. The molecular formula is C18H20F2N2O. The molecule has 2 rings (SSSR count). The zero-order chi connectivity index (χ0) is 17.0. The third kappa shape index (κ3) is 3.74. The van der Waals surface area contributed by atoms with Gasteiger partial charge in [-0.3, -0.25) is 4.79 Å². The first-order valence-electron chi connectivity index (χ1n) is 7.46. The fourth-order valence-electron chi connectivity index (χ4n) is 2.41. The van der Waals surface area contributed by atoms with Gasteiger partial charge in [-0.25, -0.2) is 8.78 Å². The summed E-state index contributed by atoms with van der Waals surface area (Å²) >= 11 is 0. The molecule has 0 spiro atoms. The molecule has 0 heterocycles. The van der Waals surface area contributed by atoms with Gasteiger partial charge >= 0.3 is 0 Å². The third-order valence-electron chi connectivity index (χ3n) is 3.90. The van der Waals surface area contributed by atoms with Gasteiger partial charge < -0.3 is 11.1 Å². The highest BCUT2D eigenvalue weighted by Gasteiger charge is 2.32. The Morgan fingerprint density at radius 3 is 2.43 bits per heavy atom. The van der Waals surface area contributed by atoms with E-state index in [9.17, 15) is 13.6 Å². The Morgan fingerprint density at radius 2 is 1.87 bits per heavy atom. The minimum absolute atomic E-state index is 0.242. The fraction of sp³-hybridized carbons (Fsp3) is 0.278. The molecule has 0 aliphatic rings. The van der Waals surface area contributed by atoms with Gasteiger partial charge in [0.2, 0.25) is 5.91 Å². The van der Waals surface area contributed by atoms with Crippen molar-refractivity contribution in [3.8, 4) is 0 Å². The van der Waals surface area contributed by atoms with Crippen LogP contribution in [0.4, 0.5) is 8.78 Å². The van der Waals surface area contributed by atoms with Gasteiger partial charge in [0.25, 0.3) is 0 Å². The number of hydrogen-bond acceptors (Lipinski definition) is 2. The number of carbonyl (C=O) groups is 1. The largest absolute Gasteiger partial charge is 0.347 e. The summed E-state index contributed by atoms with van der Waals surface area (Å²) in [6.45, 7) is 3.41. The van der Waals surface area contributed by atoms with Crippen molar-refractivity contribution < 1.29 is 13.6 Å². The Bertz CT molecular complexity index is 687. The molecule has 1 amide bonds. The van der Waals surface area contributed by atoms with Crippen LogP contribution < -0.4 is 11.1 Å². The van der Waals surface area contributed by atoms with E-state index in [0.29, 0.717) is 12.0 Å². The summed E-state index contributed by atoms with van der Waals surface area (Å²) in [5.41, 5.74) is 5.82. The Balaban J connectivity index is 2.23. The molecule has 0 saturated heterocycles. The molecule has 0 fully saturated rings. The maximum atomic E-state index is 13.9. The standard InChI is InChI=1S/C18H20F2N2O/c1-3-16(14-10-9-13(19)11-15(14)20)22-17(23)18(2,21)12-7-5-4-6-8-12/h4-11,16H,3,21H2,1-2H3,(H,22,23). The summed E-state index contributed by atoms with van der Waals surface area (Å²) in [5, 5.41) is 2.76. The smallest absolute Gasteiger partial charge is 0.244 e. The highest BCUT2D eigenvalue weighted by molar-refractivity contribution is 5.87. The monoisotopic (exact) mass is 318 g/mol. The van der Waals surface area contributed by atoms with E-state index in [1.165, 1.54) is 12.1 Å². The van der Waals surface area contributed by atoms with Gasteiger partial charge in [0, 0.05) is 11.6 Å². The summed E-state index contributed by atoms with van der Waals surface area (Å²) in [6.07, 6.45) is 0.458. The van der Waals surface area contributed by atoms with Gasteiger partial charge in [0.05, 0.1) is 6.04 Å². The fourth-order valence-corrected chi connectivity index (χ4v) is 2.41. The lowest BCUT2D eigenvalue weighted by Crippen LogP contribution is -2.50. The second-order valence-electron chi connectivity index (χ2n) is 5.67. The predicted molar refractivity (Wildman–Crippen MR) is 85.5 cm³/mol. The maximum Gasteiger partial charge on any atom is 0.244 e. The summed E-state index contributed by atoms with van der Waals surface area (Å²) in [5.74, 6) is -1.75. The number of halogens is 2. The van der Waals surface area contributed by atoms with Crippen LogP contribution in [0.3, 0.4) is 0 Å². The van der Waals surface area contributed by atoms with Crippen molar-refractivity contribution in [3.05, 3.63) is 71.3 Å². The van der Waals surface area contributed by atoms with Crippen molar-refractivity contribution in [2.24, 2.45) is 5.73 Å². The molecule has 2 atom stereocenters. The van der Waals surface area contributed by atoms with E-state index in [2.05, 4.69) is 5.32 Å². The molecule has 0 aliphatic heterocycles. The number of carbonyl (C=O) groups excluding carboxylic acids is 1. The topological polar surface area (TPSA) is 55.1 Å². The van der Waals surface area contributed by atoms with Crippen molar-refractivity contribution in [2.75, 3.05) is 0 Å². The summed E-state index contributed by atoms with van der Waals surface area (Å²) in [7, 11) is 0. The van der Waals surface area contributed by atoms with Crippen molar-refractivity contribution in [1.82, 2.24) is 5.32 Å². The van der Waals surface area contributed by atoms with Crippen LogP contribution >= 0.6 is 0 Å². The maximum absolute atomic E-state index is 13.9. The molecule has 122 valence electrons. The number of rotatable bonds is 5. The number of amides is 1. The first-order valence-corrected chi connectivity index (χ1v) is 7.46. The molecular weight excluding hydrogens is 298 g/mol. The molecule has 3 N–H and O–H groups in total. The average Bonchev–Trinajstić information content (AvgIpc) is 2.53. The minimum atomic E-state index is -1.24. The molecule has 0 radical (unpaired) electrons. The second-order valence-corrected chi connectivity index (χ2v) is 5.67. The van der Waals surface area contributed by atoms with Gasteiger partial charge in [-0.1, -0.05) is 43.3 Å². The summed E-state index contributed by atoms with van der Waals surface area (Å²) in [6, 6.07) is 11.7. The number of hydrogen-bond donors (Lipinski definition) is 2. The van der Waals surface area contributed by atoms with E-state index in [0.717, 1.165) is 6.07 Å². The number of benzene rings is 2. The van der Waals surface area contributed by atoms with Crippen LogP contribution in [0, 0.1) is 11.6 Å². The third-order valence-corrected chi connectivity index (χ3v) is 3.90. The lowest BCUT2D eigenvalue weighted by Gasteiger charge is -2.27. The van der Waals surface area contributed by atoms with Crippen LogP contribution in [-0.2, 0) is 10.3 Å². The lowest BCUT2D eigenvalue weighted by atomic mass is 9.91. The average molecular weight is 318 g/mol. The molecule has 5 heteroatoms. The Hall–Kier alpha value is -2.27. The first-order chi connectivity index (χ1) is 10.9. The Labute approximate surface area is 134 Å². The van der Waals surface area contributed by atoms with Crippen molar-refractivity contribution in [2.45, 2.75) is 31.8 Å². The molecule has 2 aromatic rings. The molecule has 0 saturated carbocycles. The molecule has 23 heavy (non-hydrogen) atoms. The molecule has 2 aromatic carbocycles. The normalized spacial score (nSPS) is 14.8. The van der Waals surface area contributed by atoms with Gasteiger partial charge in [0.1, 0.15) is 17.2 Å². The van der Waals surface area contributed by atoms with Crippen molar-refractivity contribution in [1.29, 1.82) is 0 Å². The van der Waals surface area contributed by atoms with Crippen LogP contribution in [0.1, 0.15) is 37.4 Å².